The number of fused-ring (bicyclic) bond motifs is 3. The number of rotatable bonds is 6. The number of hydrogen-bond acceptors (Lipinski definition) is 1. The van der Waals surface area contributed by atoms with Gasteiger partial charge in [-0.1, -0.05) is 42.5 Å². The van der Waals surface area contributed by atoms with E-state index in [2.05, 4.69) is 6.58 Å². The Morgan fingerprint density at radius 3 is 1.91 bits per heavy atom. The maximum atomic E-state index is 15.4. The van der Waals surface area contributed by atoms with Gasteiger partial charge in [0.05, 0.1) is 17.7 Å². The molecule has 1 aliphatic rings. The Labute approximate surface area is 187 Å². The summed E-state index contributed by atoms with van der Waals surface area (Å²) in [5.74, 6) is -13.6. The lowest BCUT2D eigenvalue weighted by atomic mass is 9.78. The van der Waals surface area contributed by atoms with Gasteiger partial charge < -0.3 is 4.74 Å². The number of halogens is 6. The lowest BCUT2D eigenvalue weighted by Crippen LogP contribution is -2.41. The zero-order chi connectivity index (χ0) is 24.0. The third-order valence-corrected chi connectivity index (χ3v) is 5.76. The van der Waals surface area contributed by atoms with Gasteiger partial charge >= 0.3 is 11.8 Å². The Hall–Kier alpha value is -3.22. The SMILES string of the molecule is C=CCCc1ccc(-c2ccc3c(c2F)C(F)(F)C(F)(F)c2c-3ccc(OCC)c2F)cc1. The zero-order valence-electron chi connectivity index (χ0n) is 17.7. The molecule has 0 aromatic heterocycles. The van der Waals surface area contributed by atoms with Crippen LogP contribution in [0.25, 0.3) is 22.3 Å². The second-order valence-electron chi connectivity index (χ2n) is 7.76. The second-order valence-corrected chi connectivity index (χ2v) is 7.76. The maximum absolute atomic E-state index is 15.4. The van der Waals surface area contributed by atoms with Gasteiger partial charge in [-0.25, -0.2) is 8.78 Å². The summed E-state index contributed by atoms with van der Waals surface area (Å²) >= 11 is 0. The zero-order valence-corrected chi connectivity index (χ0v) is 17.7. The van der Waals surface area contributed by atoms with Crippen molar-refractivity contribution in [3.8, 4) is 28.0 Å². The van der Waals surface area contributed by atoms with Crippen molar-refractivity contribution in [3.63, 3.8) is 0 Å². The van der Waals surface area contributed by atoms with Crippen molar-refractivity contribution in [1.29, 1.82) is 0 Å². The molecule has 3 aromatic carbocycles. The fraction of sp³-hybridized carbons (Fsp3) is 0.231. The Kier molecular flexibility index (Phi) is 5.76. The third kappa shape index (κ3) is 3.50. The molecule has 0 radical (unpaired) electrons. The van der Waals surface area contributed by atoms with E-state index in [4.69, 9.17) is 4.74 Å². The van der Waals surface area contributed by atoms with Gasteiger partial charge in [-0.3, -0.25) is 0 Å². The number of aryl methyl sites for hydroxylation is 1. The van der Waals surface area contributed by atoms with Gasteiger partial charge in [0.2, 0.25) is 0 Å². The van der Waals surface area contributed by atoms with Gasteiger partial charge in [0.15, 0.2) is 11.6 Å². The predicted octanol–water partition coefficient (Wildman–Crippen LogP) is 8.01. The van der Waals surface area contributed by atoms with Crippen LogP contribution in [0.5, 0.6) is 5.75 Å². The lowest BCUT2D eigenvalue weighted by molar-refractivity contribution is -0.227. The Morgan fingerprint density at radius 2 is 1.33 bits per heavy atom. The smallest absolute Gasteiger partial charge is 0.343 e. The molecule has 0 fully saturated rings. The van der Waals surface area contributed by atoms with E-state index < -0.39 is 51.5 Å². The topological polar surface area (TPSA) is 9.23 Å². The Morgan fingerprint density at radius 1 is 0.788 bits per heavy atom. The van der Waals surface area contributed by atoms with E-state index in [1.54, 1.807) is 30.3 Å². The van der Waals surface area contributed by atoms with Crippen molar-refractivity contribution in [2.45, 2.75) is 31.6 Å². The summed E-state index contributed by atoms with van der Waals surface area (Å²) in [6.07, 6.45) is 3.18. The third-order valence-electron chi connectivity index (χ3n) is 5.76. The van der Waals surface area contributed by atoms with Crippen LogP contribution < -0.4 is 4.74 Å². The number of hydrogen-bond donors (Lipinski definition) is 0. The van der Waals surface area contributed by atoms with Crippen LogP contribution in [0.1, 0.15) is 30.0 Å². The van der Waals surface area contributed by atoms with E-state index in [1.807, 2.05) is 0 Å². The summed E-state index contributed by atoms with van der Waals surface area (Å²) in [6, 6.07) is 11.0. The van der Waals surface area contributed by atoms with Crippen LogP contribution >= 0.6 is 0 Å². The standard InChI is InChI=1S/C26H20F6O/c1-3-5-6-15-7-9-16(10-8-15)17-11-12-18-19-13-14-20(33-4-2)24(28)22(19)26(31,32)25(29,30)21(18)23(17)27/h3,7-14H,1,4-6H2,2H3. The molecule has 3 aromatic rings. The molecule has 1 nitrogen and oxygen atoms in total. The average molecular weight is 462 g/mol. The summed E-state index contributed by atoms with van der Waals surface area (Å²) in [7, 11) is 0. The van der Waals surface area contributed by atoms with Crippen molar-refractivity contribution < 1.29 is 31.1 Å². The molecule has 0 spiro atoms. The van der Waals surface area contributed by atoms with Crippen LogP contribution in [-0.4, -0.2) is 6.61 Å². The number of benzene rings is 3. The fourth-order valence-corrected chi connectivity index (χ4v) is 4.12. The minimum atomic E-state index is -4.99. The molecule has 33 heavy (non-hydrogen) atoms. The molecule has 7 heteroatoms. The summed E-state index contributed by atoms with van der Waals surface area (Å²) in [4.78, 5) is 0. The first kappa shape index (κ1) is 23.0. The van der Waals surface area contributed by atoms with E-state index in [1.165, 1.54) is 13.0 Å². The fourth-order valence-electron chi connectivity index (χ4n) is 4.12. The number of alkyl halides is 4. The Balaban J connectivity index is 1.90. The lowest BCUT2D eigenvalue weighted by Gasteiger charge is -2.35. The van der Waals surface area contributed by atoms with Crippen molar-refractivity contribution >= 4 is 0 Å². The highest BCUT2D eigenvalue weighted by Crippen LogP contribution is 2.60. The summed E-state index contributed by atoms with van der Waals surface area (Å²) < 4.78 is 95.4. The van der Waals surface area contributed by atoms with Gasteiger partial charge in [0.1, 0.15) is 5.82 Å². The summed E-state index contributed by atoms with van der Waals surface area (Å²) in [5, 5.41) is 0. The normalized spacial score (nSPS) is 15.5. The van der Waals surface area contributed by atoms with E-state index in [0.717, 1.165) is 30.2 Å². The van der Waals surface area contributed by atoms with Crippen molar-refractivity contribution in [1.82, 2.24) is 0 Å². The number of ether oxygens (including phenoxy) is 1. The van der Waals surface area contributed by atoms with Crippen molar-refractivity contribution in [2.24, 2.45) is 0 Å². The molecule has 0 N–H and O–H groups in total. The van der Waals surface area contributed by atoms with Crippen LogP contribution in [0.15, 0.2) is 61.2 Å². The largest absolute Gasteiger partial charge is 0.491 e. The molecule has 0 bridgehead atoms. The molecule has 0 unspecified atom stereocenters. The van der Waals surface area contributed by atoms with E-state index >= 15 is 13.2 Å². The quantitative estimate of drug-likeness (QED) is 0.266. The molecule has 1 aliphatic carbocycles. The van der Waals surface area contributed by atoms with Gasteiger partial charge in [-0.15, -0.1) is 6.58 Å². The van der Waals surface area contributed by atoms with Gasteiger partial charge in [-0.05, 0) is 54.2 Å². The monoisotopic (exact) mass is 462 g/mol. The van der Waals surface area contributed by atoms with Crippen LogP contribution in [-0.2, 0) is 18.3 Å². The summed E-state index contributed by atoms with van der Waals surface area (Å²) in [6.45, 7) is 5.10. The minimum Gasteiger partial charge on any atom is -0.491 e. The Bertz CT molecular complexity index is 1210. The number of allylic oxidation sites excluding steroid dienone is 1. The molecule has 0 saturated carbocycles. The van der Waals surface area contributed by atoms with Crippen molar-refractivity contribution in [2.75, 3.05) is 6.61 Å². The predicted molar refractivity (Wildman–Crippen MR) is 115 cm³/mol. The van der Waals surface area contributed by atoms with Gasteiger partial charge in [-0.2, -0.15) is 17.6 Å². The first-order chi connectivity index (χ1) is 15.6. The molecule has 0 aliphatic heterocycles. The van der Waals surface area contributed by atoms with E-state index in [9.17, 15) is 13.2 Å². The molecular formula is C26H20F6O. The maximum Gasteiger partial charge on any atom is 0.343 e. The van der Waals surface area contributed by atoms with Gasteiger partial charge in [0, 0.05) is 5.56 Å². The summed E-state index contributed by atoms with van der Waals surface area (Å²) in [5.41, 5.74) is -2.96. The van der Waals surface area contributed by atoms with E-state index in [-0.39, 0.29) is 17.7 Å². The van der Waals surface area contributed by atoms with Gasteiger partial charge in [0.25, 0.3) is 0 Å². The van der Waals surface area contributed by atoms with Crippen LogP contribution in [0, 0.1) is 11.6 Å². The van der Waals surface area contributed by atoms with Crippen LogP contribution in [0.3, 0.4) is 0 Å². The average Bonchev–Trinajstić information content (AvgIpc) is 2.78. The van der Waals surface area contributed by atoms with Crippen LogP contribution in [0.2, 0.25) is 0 Å². The highest BCUT2D eigenvalue weighted by Gasteiger charge is 2.65. The highest BCUT2D eigenvalue weighted by molar-refractivity contribution is 5.81. The minimum absolute atomic E-state index is 0.0430. The van der Waals surface area contributed by atoms with Crippen LogP contribution in [0.4, 0.5) is 26.3 Å². The molecular weight excluding hydrogens is 442 g/mol. The molecule has 0 saturated heterocycles. The first-order valence-corrected chi connectivity index (χ1v) is 10.4. The highest BCUT2D eigenvalue weighted by atomic mass is 19.3. The molecule has 0 amide bonds. The van der Waals surface area contributed by atoms with E-state index in [0.29, 0.717) is 6.42 Å². The van der Waals surface area contributed by atoms with Crippen molar-refractivity contribution in [3.05, 3.63) is 89.5 Å². The molecule has 0 heterocycles. The molecule has 172 valence electrons. The first-order valence-electron chi connectivity index (χ1n) is 10.4. The second kappa shape index (κ2) is 8.28. The molecule has 4 rings (SSSR count). The molecule has 0 atom stereocenters.